The van der Waals surface area contributed by atoms with Gasteiger partial charge in [0, 0.05) is 0 Å². The highest BCUT2D eigenvalue weighted by molar-refractivity contribution is 7.89. The quantitative estimate of drug-likeness (QED) is 0.706. The Hall–Kier alpha value is -2.00. The fraction of sp³-hybridized carbons (Fsp3) is 0.300. The van der Waals surface area contributed by atoms with Crippen molar-refractivity contribution in [2.24, 2.45) is 10.9 Å². The summed E-state index contributed by atoms with van der Waals surface area (Å²) >= 11 is 0. The van der Waals surface area contributed by atoms with Crippen LogP contribution in [0, 0.1) is 0 Å². The Morgan fingerprint density at radius 3 is 2.26 bits per heavy atom. The number of amides is 1. The van der Waals surface area contributed by atoms with Crippen LogP contribution in [0.5, 0.6) is 17.2 Å². The number of ether oxygens (including phenoxy) is 3. The normalized spacial score (nSPS) is 10.9. The summed E-state index contributed by atoms with van der Waals surface area (Å²) in [6.07, 6.45) is 0. The number of carbonyl (C=O) groups is 1. The van der Waals surface area contributed by atoms with Gasteiger partial charge in [0.05, 0.1) is 14.2 Å². The van der Waals surface area contributed by atoms with Gasteiger partial charge in [0.1, 0.15) is 4.90 Å². The molecular weight excluding hydrogens is 276 g/mol. The van der Waals surface area contributed by atoms with E-state index in [1.165, 1.54) is 26.4 Å². The molecule has 0 saturated heterocycles. The number of benzene rings is 1. The van der Waals surface area contributed by atoms with Crippen LogP contribution in [-0.2, 0) is 14.8 Å². The molecule has 0 spiro atoms. The monoisotopic (exact) mass is 290 g/mol. The lowest BCUT2D eigenvalue weighted by molar-refractivity contribution is -0.120. The fourth-order valence-corrected chi connectivity index (χ4v) is 2.08. The summed E-state index contributed by atoms with van der Waals surface area (Å²) in [4.78, 5) is 10.4. The van der Waals surface area contributed by atoms with Crippen molar-refractivity contribution in [3.63, 3.8) is 0 Å². The van der Waals surface area contributed by atoms with E-state index in [2.05, 4.69) is 0 Å². The van der Waals surface area contributed by atoms with Crippen LogP contribution >= 0.6 is 0 Å². The summed E-state index contributed by atoms with van der Waals surface area (Å²) in [6, 6.07) is 2.54. The highest BCUT2D eigenvalue weighted by Crippen LogP contribution is 2.41. The molecule has 1 rings (SSSR count). The Bertz CT molecular complexity index is 584. The van der Waals surface area contributed by atoms with Gasteiger partial charge in [-0.05, 0) is 12.1 Å². The third-order valence-electron chi connectivity index (χ3n) is 2.13. The number of methoxy groups -OCH3 is 2. The minimum Gasteiger partial charge on any atom is -0.493 e. The summed E-state index contributed by atoms with van der Waals surface area (Å²) in [6.45, 7) is -0.458. The zero-order valence-electron chi connectivity index (χ0n) is 10.4. The van der Waals surface area contributed by atoms with Gasteiger partial charge < -0.3 is 19.9 Å². The molecule has 8 nitrogen and oxygen atoms in total. The van der Waals surface area contributed by atoms with Crippen LogP contribution in [0.1, 0.15) is 0 Å². The van der Waals surface area contributed by atoms with Gasteiger partial charge in [-0.1, -0.05) is 0 Å². The molecule has 1 amide bonds. The van der Waals surface area contributed by atoms with Crippen LogP contribution in [-0.4, -0.2) is 35.2 Å². The Kier molecular flexibility index (Phi) is 4.57. The largest absolute Gasteiger partial charge is 0.493 e. The van der Waals surface area contributed by atoms with Gasteiger partial charge in [0.2, 0.25) is 15.8 Å². The van der Waals surface area contributed by atoms with Crippen LogP contribution in [0.15, 0.2) is 17.0 Å². The molecule has 0 bridgehead atoms. The molecular formula is C10H14N2O6S. The first-order chi connectivity index (χ1) is 8.81. The number of carbonyl (C=O) groups excluding carboxylic acids is 1. The zero-order chi connectivity index (χ0) is 14.6. The SMILES string of the molecule is COc1ccc(S(N)(=O)=O)c(OC)c1OCC(N)=O. The Balaban J connectivity index is 3.41. The van der Waals surface area contributed by atoms with Crippen LogP contribution in [0.25, 0.3) is 0 Å². The topological polar surface area (TPSA) is 131 Å². The molecule has 9 heteroatoms. The highest BCUT2D eigenvalue weighted by atomic mass is 32.2. The molecule has 106 valence electrons. The molecule has 0 aliphatic rings. The first-order valence-electron chi connectivity index (χ1n) is 5.00. The lowest BCUT2D eigenvalue weighted by Crippen LogP contribution is -2.21. The van der Waals surface area contributed by atoms with E-state index >= 15 is 0 Å². The van der Waals surface area contributed by atoms with Crippen molar-refractivity contribution < 1.29 is 27.4 Å². The predicted octanol–water partition coefficient (Wildman–Crippen LogP) is -0.785. The Labute approximate surface area is 110 Å². The number of primary amides is 1. The average Bonchev–Trinajstić information content (AvgIpc) is 2.33. The first-order valence-corrected chi connectivity index (χ1v) is 6.54. The van der Waals surface area contributed by atoms with Gasteiger partial charge in [0.15, 0.2) is 18.1 Å². The predicted molar refractivity (Wildman–Crippen MR) is 65.6 cm³/mol. The Morgan fingerprint density at radius 2 is 1.84 bits per heavy atom. The van der Waals surface area contributed by atoms with Crippen molar-refractivity contribution in [2.75, 3.05) is 20.8 Å². The maximum atomic E-state index is 11.4. The van der Waals surface area contributed by atoms with E-state index < -0.39 is 22.5 Å². The van der Waals surface area contributed by atoms with Gasteiger partial charge in [-0.2, -0.15) is 0 Å². The third kappa shape index (κ3) is 3.48. The number of hydrogen-bond donors (Lipinski definition) is 2. The van der Waals surface area contributed by atoms with E-state index in [-0.39, 0.29) is 22.1 Å². The van der Waals surface area contributed by atoms with Crippen LogP contribution < -0.4 is 25.1 Å². The molecule has 0 unspecified atom stereocenters. The second-order valence-electron chi connectivity index (χ2n) is 3.43. The van der Waals surface area contributed by atoms with Crippen molar-refractivity contribution in [3.8, 4) is 17.2 Å². The molecule has 1 aromatic carbocycles. The number of sulfonamides is 1. The summed E-state index contributed by atoms with van der Waals surface area (Å²) in [7, 11) is -1.42. The van der Waals surface area contributed by atoms with Crippen molar-refractivity contribution in [1.82, 2.24) is 0 Å². The Morgan fingerprint density at radius 1 is 1.21 bits per heavy atom. The standard InChI is InChI=1S/C10H14N2O6S/c1-16-6-3-4-7(19(12,14)15)10(17-2)9(6)18-5-8(11)13/h3-4H,5H2,1-2H3,(H2,11,13)(H2,12,14,15). The molecule has 19 heavy (non-hydrogen) atoms. The zero-order valence-corrected chi connectivity index (χ0v) is 11.2. The van der Waals surface area contributed by atoms with E-state index in [1.807, 2.05) is 0 Å². The van der Waals surface area contributed by atoms with Crippen molar-refractivity contribution in [3.05, 3.63) is 12.1 Å². The summed E-state index contributed by atoms with van der Waals surface area (Å²) < 4.78 is 37.9. The molecule has 0 atom stereocenters. The molecule has 0 saturated carbocycles. The molecule has 0 fully saturated rings. The molecule has 4 N–H and O–H groups in total. The maximum absolute atomic E-state index is 11.4. The van der Waals surface area contributed by atoms with Crippen LogP contribution in [0.4, 0.5) is 0 Å². The molecule has 0 aliphatic carbocycles. The minimum atomic E-state index is -4.01. The van der Waals surface area contributed by atoms with Crippen LogP contribution in [0.3, 0.4) is 0 Å². The second-order valence-corrected chi connectivity index (χ2v) is 4.96. The lowest BCUT2D eigenvalue weighted by atomic mass is 10.3. The number of rotatable bonds is 6. The average molecular weight is 290 g/mol. The van der Waals surface area contributed by atoms with E-state index in [0.29, 0.717) is 0 Å². The van der Waals surface area contributed by atoms with Gasteiger partial charge in [-0.25, -0.2) is 13.6 Å². The van der Waals surface area contributed by atoms with E-state index in [0.717, 1.165) is 0 Å². The summed E-state index contributed by atoms with van der Waals surface area (Å²) in [5.74, 6) is -0.756. The van der Waals surface area contributed by atoms with Crippen molar-refractivity contribution in [2.45, 2.75) is 4.90 Å². The lowest BCUT2D eigenvalue weighted by Gasteiger charge is -2.15. The van der Waals surface area contributed by atoms with E-state index in [1.54, 1.807) is 0 Å². The van der Waals surface area contributed by atoms with E-state index in [4.69, 9.17) is 25.1 Å². The van der Waals surface area contributed by atoms with Crippen molar-refractivity contribution >= 4 is 15.9 Å². The number of primary sulfonamides is 1. The van der Waals surface area contributed by atoms with Gasteiger partial charge in [-0.15, -0.1) is 0 Å². The number of nitrogens with two attached hydrogens (primary N) is 2. The molecule has 1 aromatic rings. The van der Waals surface area contributed by atoms with Gasteiger partial charge >= 0.3 is 0 Å². The smallest absolute Gasteiger partial charge is 0.255 e. The molecule has 0 radical (unpaired) electrons. The van der Waals surface area contributed by atoms with Crippen molar-refractivity contribution in [1.29, 1.82) is 0 Å². The van der Waals surface area contributed by atoms with Crippen LogP contribution in [0.2, 0.25) is 0 Å². The molecule has 0 aliphatic heterocycles. The molecule has 0 heterocycles. The number of hydrogen-bond acceptors (Lipinski definition) is 6. The maximum Gasteiger partial charge on any atom is 0.255 e. The third-order valence-corrected chi connectivity index (χ3v) is 3.06. The van der Waals surface area contributed by atoms with E-state index in [9.17, 15) is 13.2 Å². The minimum absolute atomic E-state index is 0.0599. The van der Waals surface area contributed by atoms with Gasteiger partial charge in [0.25, 0.3) is 5.91 Å². The summed E-state index contributed by atoms with van der Waals surface area (Å²) in [5, 5.41) is 5.05. The fourth-order valence-electron chi connectivity index (χ4n) is 1.38. The second kappa shape index (κ2) is 5.76. The molecule has 0 aromatic heterocycles. The summed E-state index contributed by atoms with van der Waals surface area (Å²) in [5.41, 5.74) is 4.96. The highest BCUT2D eigenvalue weighted by Gasteiger charge is 2.23. The first kappa shape index (κ1) is 15.1. The van der Waals surface area contributed by atoms with Gasteiger partial charge in [-0.3, -0.25) is 4.79 Å².